The van der Waals surface area contributed by atoms with Gasteiger partial charge in [-0.2, -0.15) is 0 Å². The van der Waals surface area contributed by atoms with Gasteiger partial charge in [0.25, 0.3) is 0 Å². The van der Waals surface area contributed by atoms with Gasteiger partial charge < -0.3 is 24.7 Å². The van der Waals surface area contributed by atoms with E-state index in [4.69, 9.17) is 24.7 Å². The van der Waals surface area contributed by atoms with Gasteiger partial charge in [-0.1, -0.05) is 42.5 Å². The lowest BCUT2D eigenvalue weighted by Crippen LogP contribution is -2.52. The second kappa shape index (κ2) is 7.54. The molecule has 0 aromatic heterocycles. The van der Waals surface area contributed by atoms with Gasteiger partial charge in [0.2, 0.25) is 0 Å². The van der Waals surface area contributed by atoms with Crippen LogP contribution in [0.3, 0.4) is 0 Å². The number of allylic oxidation sites excluding steroid dienone is 5. The summed E-state index contributed by atoms with van der Waals surface area (Å²) in [6.07, 6.45) is 12.2. The molecule has 3 aliphatic heterocycles. The molecule has 28 heavy (non-hydrogen) atoms. The van der Waals surface area contributed by atoms with Crippen molar-refractivity contribution in [3.63, 3.8) is 0 Å². The van der Waals surface area contributed by atoms with Gasteiger partial charge in [-0.05, 0) is 31.6 Å². The Morgan fingerprint density at radius 2 is 2.00 bits per heavy atom. The molecule has 3 fully saturated rings. The summed E-state index contributed by atoms with van der Waals surface area (Å²) in [6.45, 7) is 2.99. The Labute approximate surface area is 164 Å². The summed E-state index contributed by atoms with van der Waals surface area (Å²) in [5.41, 5.74) is 5.79. The number of esters is 1. The first kappa shape index (κ1) is 18.9. The normalized spacial score (nSPS) is 34.5. The van der Waals surface area contributed by atoms with Gasteiger partial charge in [0, 0.05) is 5.69 Å². The van der Waals surface area contributed by atoms with Gasteiger partial charge in [0.15, 0.2) is 11.4 Å². The first-order valence-electron chi connectivity index (χ1n) is 9.55. The predicted octanol–water partition coefficient (Wildman–Crippen LogP) is 3.01. The van der Waals surface area contributed by atoms with Crippen molar-refractivity contribution in [1.29, 1.82) is 0 Å². The van der Waals surface area contributed by atoms with Crippen LogP contribution >= 0.6 is 0 Å². The van der Waals surface area contributed by atoms with Crippen LogP contribution in [-0.4, -0.2) is 43.3 Å². The van der Waals surface area contributed by atoms with Crippen molar-refractivity contribution in [1.82, 2.24) is 0 Å². The molecular formula is C22H25NO5. The number of nitrogens with two attached hydrogens (primary N) is 1. The zero-order valence-corrected chi connectivity index (χ0v) is 15.9. The third-order valence-corrected chi connectivity index (χ3v) is 5.52. The van der Waals surface area contributed by atoms with E-state index in [-0.39, 0.29) is 25.2 Å². The van der Waals surface area contributed by atoms with E-state index in [1.165, 1.54) is 0 Å². The minimum atomic E-state index is -0.956. The number of hydrogen-bond acceptors (Lipinski definition) is 6. The molecule has 0 aliphatic carbocycles. The molecule has 3 aliphatic rings. The van der Waals surface area contributed by atoms with Gasteiger partial charge in [-0.25, -0.2) is 4.79 Å². The van der Waals surface area contributed by atoms with Gasteiger partial charge in [-0.3, -0.25) is 0 Å². The number of carbonyl (C=O) groups is 1. The van der Waals surface area contributed by atoms with E-state index in [1.807, 2.05) is 43.4 Å². The average Bonchev–Trinajstić information content (AvgIpc) is 3.22. The van der Waals surface area contributed by atoms with Gasteiger partial charge in [0.05, 0.1) is 37.4 Å². The van der Waals surface area contributed by atoms with Crippen molar-refractivity contribution in [3.05, 3.63) is 66.3 Å². The number of carbonyl (C=O) groups excluding carboxylic acids is 1. The fourth-order valence-electron chi connectivity index (χ4n) is 4.24. The van der Waals surface area contributed by atoms with E-state index < -0.39 is 17.4 Å². The maximum Gasteiger partial charge on any atom is 0.340 e. The highest BCUT2D eigenvalue weighted by atomic mass is 16.7. The lowest BCUT2D eigenvalue weighted by atomic mass is 9.80. The molecule has 3 heterocycles. The summed E-state index contributed by atoms with van der Waals surface area (Å²) in [5.74, 6) is -1.65. The van der Waals surface area contributed by atoms with E-state index in [2.05, 4.69) is 0 Å². The largest absolute Gasteiger partial charge is 0.450 e. The zero-order chi connectivity index (χ0) is 19.6. The van der Waals surface area contributed by atoms with Crippen LogP contribution in [0.15, 0.2) is 60.7 Å². The number of hydrogen-bond donors (Lipinski definition) is 1. The van der Waals surface area contributed by atoms with Crippen LogP contribution in [0.1, 0.15) is 23.7 Å². The smallest absolute Gasteiger partial charge is 0.340 e. The van der Waals surface area contributed by atoms with E-state index in [9.17, 15) is 4.79 Å². The van der Waals surface area contributed by atoms with Crippen LogP contribution in [0.4, 0.5) is 5.69 Å². The molecule has 4 atom stereocenters. The quantitative estimate of drug-likeness (QED) is 0.478. The summed E-state index contributed by atoms with van der Waals surface area (Å²) in [5, 5.41) is 0. The topological polar surface area (TPSA) is 80.0 Å². The number of rotatable bonds is 5. The summed E-state index contributed by atoms with van der Waals surface area (Å²) in [4.78, 5) is 12.8. The molecule has 0 bridgehead atoms. The fourth-order valence-corrected chi connectivity index (χ4v) is 4.24. The second-order valence-corrected chi connectivity index (χ2v) is 7.29. The lowest BCUT2D eigenvalue weighted by molar-refractivity contribution is -0.236. The van der Waals surface area contributed by atoms with Crippen molar-refractivity contribution in [2.24, 2.45) is 5.92 Å². The summed E-state index contributed by atoms with van der Waals surface area (Å²) in [7, 11) is 0. The molecular weight excluding hydrogens is 358 g/mol. The number of benzene rings is 1. The van der Waals surface area contributed by atoms with Gasteiger partial charge in [-0.15, -0.1) is 0 Å². The van der Waals surface area contributed by atoms with Crippen molar-refractivity contribution < 1.29 is 23.7 Å². The van der Waals surface area contributed by atoms with Gasteiger partial charge in [0.1, 0.15) is 0 Å². The minimum absolute atomic E-state index is 0.0821. The minimum Gasteiger partial charge on any atom is -0.450 e. The van der Waals surface area contributed by atoms with Crippen LogP contribution in [0, 0.1) is 5.92 Å². The van der Waals surface area contributed by atoms with E-state index in [1.54, 1.807) is 24.3 Å². The van der Waals surface area contributed by atoms with Crippen LogP contribution < -0.4 is 5.73 Å². The summed E-state index contributed by atoms with van der Waals surface area (Å²) >= 11 is 0. The highest BCUT2D eigenvalue weighted by Crippen LogP contribution is 2.53. The molecule has 2 N–H and O–H groups in total. The second-order valence-electron chi connectivity index (χ2n) is 7.29. The number of nitrogen functional groups attached to an aromatic ring is 1. The Balaban J connectivity index is 1.60. The molecule has 1 aromatic carbocycles. The molecule has 1 aromatic rings. The summed E-state index contributed by atoms with van der Waals surface area (Å²) < 4.78 is 24.1. The molecule has 0 amide bonds. The van der Waals surface area contributed by atoms with Crippen LogP contribution in [-0.2, 0) is 18.9 Å². The Morgan fingerprint density at radius 3 is 2.82 bits per heavy atom. The van der Waals surface area contributed by atoms with Crippen molar-refractivity contribution in [2.45, 2.75) is 30.8 Å². The SMILES string of the molecule is C/C=C/C=C/C=C/[C@]12OCC[C@@H]3OC[C@](OC(=O)c4ccccc4N)(CO1)[C@@H]32. The van der Waals surface area contributed by atoms with Crippen LogP contribution in [0.5, 0.6) is 0 Å². The molecule has 4 rings (SSSR count). The Morgan fingerprint density at radius 1 is 1.18 bits per heavy atom. The van der Waals surface area contributed by atoms with Crippen LogP contribution in [0.25, 0.3) is 0 Å². The van der Waals surface area contributed by atoms with Crippen molar-refractivity contribution >= 4 is 11.7 Å². The van der Waals surface area contributed by atoms with E-state index in [0.717, 1.165) is 6.42 Å². The molecule has 0 radical (unpaired) electrons. The number of para-hydroxylation sites is 1. The monoisotopic (exact) mass is 383 g/mol. The highest BCUT2D eigenvalue weighted by Gasteiger charge is 2.69. The van der Waals surface area contributed by atoms with E-state index in [0.29, 0.717) is 17.9 Å². The third-order valence-electron chi connectivity index (χ3n) is 5.52. The first-order chi connectivity index (χ1) is 13.6. The molecule has 0 unspecified atom stereocenters. The molecule has 148 valence electrons. The first-order valence-corrected chi connectivity index (χ1v) is 9.55. The standard InChI is InChI=1S/C22H25NO5/c1-2-3-4-5-8-12-22-19-18(11-13-26-22)25-14-21(19,15-27-22)28-20(24)16-9-6-7-10-17(16)23/h2-10,12,18-19H,11,13-15,23H2,1H3/b3-2+,5-4+,12-8+/t18-,19+,21-,22-/m0/s1. The zero-order valence-electron chi connectivity index (χ0n) is 15.9. The Hall–Kier alpha value is -2.41. The molecule has 0 saturated carbocycles. The summed E-state index contributed by atoms with van der Waals surface area (Å²) in [6, 6.07) is 6.89. The molecule has 0 spiro atoms. The van der Waals surface area contributed by atoms with Gasteiger partial charge >= 0.3 is 5.97 Å². The predicted molar refractivity (Wildman–Crippen MR) is 105 cm³/mol. The Bertz CT molecular complexity index is 832. The maximum absolute atomic E-state index is 12.8. The molecule has 3 saturated heterocycles. The average molecular weight is 383 g/mol. The maximum atomic E-state index is 12.8. The number of anilines is 1. The third kappa shape index (κ3) is 3.17. The van der Waals surface area contributed by atoms with E-state index >= 15 is 0 Å². The molecule has 6 nitrogen and oxygen atoms in total. The van der Waals surface area contributed by atoms with Crippen molar-refractivity contribution in [3.8, 4) is 0 Å². The van der Waals surface area contributed by atoms with Crippen LogP contribution in [0.2, 0.25) is 0 Å². The van der Waals surface area contributed by atoms with Crippen molar-refractivity contribution in [2.75, 3.05) is 25.6 Å². The highest BCUT2D eigenvalue weighted by molar-refractivity contribution is 5.95. The molecule has 6 heteroatoms. The Kier molecular flexibility index (Phi) is 5.10. The fraction of sp³-hybridized carbons (Fsp3) is 0.409. The number of ether oxygens (including phenoxy) is 4. The lowest BCUT2D eigenvalue weighted by Gasteiger charge is -2.39.